The quantitative estimate of drug-likeness (QED) is 0.906. The SMILES string of the molecule is NS(=O)(=O)N1CCN([C@@H](c2ccccc2)C(F)(F)F)CC1. The maximum atomic E-state index is 13.3. The highest BCUT2D eigenvalue weighted by Crippen LogP contribution is 2.38. The third-order valence-electron chi connectivity index (χ3n) is 3.42. The standard InChI is InChI=1S/C12H16F3N3O2S/c13-12(14,15)11(10-4-2-1-3-5-10)17-6-8-18(9-7-17)21(16,19)20/h1-5,11H,6-9H2,(H2,16,19,20)/t11-/m0/s1. The van der Waals surface area contributed by atoms with Gasteiger partial charge in [-0.3, -0.25) is 4.90 Å². The van der Waals surface area contributed by atoms with E-state index in [-0.39, 0.29) is 31.7 Å². The van der Waals surface area contributed by atoms with Crippen LogP contribution in [0.25, 0.3) is 0 Å². The van der Waals surface area contributed by atoms with Crippen molar-refractivity contribution < 1.29 is 21.6 Å². The molecule has 1 aromatic rings. The molecule has 1 heterocycles. The fraction of sp³-hybridized carbons (Fsp3) is 0.500. The first-order valence-electron chi connectivity index (χ1n) is 6.33. The molecule has 5 nitrogen and oxygen atoms in total. The third-order valence-corrected chi connectivity index (χ3v) is 4.51. The topological polar surface area (TPSA) is 66.6 Å². The Kier molecular flexibility index (Phi) is 4.57. The molecule has 2 N–H and O–H groups in total. The van der Waals surface area contributed by atoms with Gasteiger partial charge in [0.05, 0.1) is 0 Å². The number of nitrogens with zero attached hydrogens (tertiary/aromatic N) is 2. The fourth-order valence-corrected chi connectivity index (χ4v) is 3.13. The van der Waals surface area contributed by atoms with Crippen LogP contribution in [0.4, 0.5) is 13.2 Å². The van der Waals surface area contributed by atoms with Crippen LogP contribution >= 0.6 is 0 Å². The van der Waals surface area contributed by atoms with E-state index in [0.29, 0.717) is 0 Å². The maximum Gasteiger partial charge on any atom is 0.408 e. The summed E-state index contributed by atoms with van der Waals surface area (Å²) >= 11 is 0. The fourth-order valence-electron chi connectivity index (χ4n) is 2.46. The lowest BCUT2D eigenvalue weighted by Gasteiger charge is -2.38. The van der Waals surface area contributed by atoms with Crippen LogP contribution in [0.2, 0.25) is 0 Å². The molecular weight excluding hydrogens is 307 g/mol. The zero-order chi connectivity index (χ0) is 15.7. The van der Waals surface area contributed by atoms with E-state index in [9.17, 15) is 21.6 Å². The van der Waals surface area contributed by atoms with Gasteiger partial charge in [0.25, 0.3) is 10.2 Å². The van der Waals surface area contributed by atoms with Crippen LogP contribution in [0.15, 0.2) is 30.3 Å². The van der Waals surface area contributed by atoms with Crippen LogP contribution in [-0.2, 0) is 10.2 Å². The Balaban J connectivity index is 2.18. The molecule has 9 heteroatoms. The van der Waals surface area contributed by atoms with E-state index in [1.54, 1.807) is 18.2 Å². The molecule has 0 spiro atoms. The van der Waals surface area contributed by atoms with Gasteiger partial charge in [0, 0.05) is 26.2 Å². The summed E-state index contributed by atoms with van der Waals surface area (Å²) in [6.45, 7) is -0.124. The summed E-state index contributed by atoms with van der Waals surface area (Å²) in [4.78, 5) is 1.23. The number of hydrogen-bond acceptors (Lipinski definition) is 3. The average molecular weight is 323 g/mol. The molecule has 1 aromatic carbocycles. The molecule has 1 fully saturated rings. The van der Waals surface area contributed by atoms with Gasteiger partial charge in [0.1, 0.15) is 6.04 Å². The molecule has 1 aliphatic rings. The number of nitrogens with two attached hydrogens (primary N) is 1. The van der Waals surface area contributed by atoms with E-state index in [0.717, 1.165) is 4.31 Å². The van der Waals surface area contributed by atoms with Crippen molar-refractivity contribution in [3.63, 3.8) is 0 Å². The summed E-state index contributed by atoms with van der Waals surface area (Å²) in [5.74, 6) is 0. The van der Waals surface area contributed by atoms with Crippen molar-refractivity contribution in [2.75, 3.05) is 26.2 Å². The van der Waals surface area contributed by atoms with Crippen molar-refractivity contribution >= 4 is 10.2 Å². The van der Waals surface area contributed by atoms with Crippen LogP contribution in [-0.4, -0.2) is 50.0 Å². The lowest BCUT2D eigenvalue weighted by atomic mass is 10.0. The molecule has 0 aromatic heterocycles. The zero-order valence-electron chi connectivity index (χ0n) is 11.1. The summed E-state index contributed by atoms with van der Waals surface area (Å²) in [5.41, 5.74) is 0.147. The van der Waals surface area contributed by atoms with E-state index < -0.39 is 22.4 Å². The monoisotopic (exact) mass is 323 g/mol. The van der Waals surface area contributed by atoms with Gasteiger partial charge in [0.15, 0.2) is 0 Å². The normalized spacial score (nSPS) is 20.4. The smallest absolute Gasteiger partial charge is 0.286 e. The third kappa shape index (κ3) is 3.94. The lowest BCUT2D eigenvalue weighted by Crippen LogP contribution is -2.53. The molecular formula is C12H16F3N3O2S. The van der Waals surface area contributed by atoms with Gasteiger partial charge in [0.2, 0.25) is 0 Å². The predicted octanol–water partition coefficient (Wildman–Crippen LogP) is 1.11. The molecule has 1 atom stereocenters. The summed E-state index contributed by atoms with van der Waals surface area (Å²) in [6, 6.07) is 5.86. The highest BCUT2D eigenvalue weighted by Gasteiger charge is 2.45. The first-order chi connectivity index (χ1) is 9.69. The molecule has 1 saturated heterocycles. The Hall–Kier alpha value is -1.16. The van der Waals surface area contributed by atoms with Crippen molar-refractivity contribution in [1.29, 1.82) is 0 Å². The van der Waals surface area contributed by atoms with Crippen molar-refractivity contribution in [2.45, 2.75) is 12.2 Å². The van der Waals surface area contributed by atoms with Crippen molar-refractivity contribution in [3.8, 4) is 0 Å². The largest absolute Gasteiger partial charge is 0.408 e. The highest BCUT2D eigenvalue weighted by molar-refractivity contribution is 7.86. The molecule has 2 rings (SSSR count). The van der Waals surface area contributed by atoms with E-state index in [4.69, 9.17) is 5.14 Å². The number of halogens is 3. The molecule has 1 aliphatic heterocycles. The Labute approximate surface area is 121 Å². The van der Waals surface area contributed by atoms with Crippen LogP contribution in [0.1, 0.15) is 11.6 Å². The number of benzene rings is 1. The van der Waals surface area contributed by atoms with E-state index in [2.05, 4.69) is 0 Å². The Morgan fingerprint density at radius 2 is 1.57 bits per heavy atom. The lowest BCUT2D eigenvalue weighted by molar-refractivity contribution is -0.189. The molecule has 0 bridgehead atoms. The van der Waals surface area contributed by atoms with Gasteiger partial charge >= 0.3 is 6.18 Å². The van der Waals surface area contributed by atoms with Crippen LogP contribution < -0.4 is 5.14 Å². The van der Waals surface area contributed by atoms with Crippen LogP contribution in [0, 0.1) is 0 Å². The van der Waals surface area contributed by atoms with Gasteiger partial charge in [-0.05, 0) is 5.56 Å². The second-order valence-corrected chi connectivity index (χ2v) is 6.38. The summed E-state index contributed by atoms with van der Waals surface area (Å²) in [7, 11) is -3.85. The second kappa shape index (κ2) is 5.91. The predicted molar refractivity (Wildman–Crippen MR) is 71.5 cm³/mol. The zero-order valence-corrected chi connectivity index (χ0v) is 11.9. The van der Waals surface area contributed by atoms with E-state index >= 15 is 0 Å². The van der Waals surface area contributed by atoms with Gasteiger partial charge in [-0.2, -0.15) is 25.9 Å². The summed E-state index contributed by atoms with van der Waals surface area (Å²) in [6.07, 6.45) is -4.43. The van der Waals surface area contributed by atoms with Crippen LogP contribution in [0.5, 0.6) is 0 Å². The minimum absolute atomic E-state index is 0.0184. The van der Waals surface area contributed by atoms with Gasteiger partial charge in [-0.1, -0.05) is 30.3 Å². The van der Waals surface area contributed by atoms with Crippen LogP contribution in [0.3, 0.4) is 0 Å². The summed E-state index contributed by atoms with van der Waals surface area (Å²) < 4.78 is 63.3. The minimum Gasteiger partial charge on any atom is -0.286 e. The van der Waals surface area contributed by atoms with E-state index in [1.165, 1.54) is 17.0 Å². The number of alkyl halides is 3. The average Bonchev–Trinajstić information content (AvgIpc) is 2.38. The Morgan fingerprint density at radius 3 is 2.00 bits per heavy atom. The number of hydrogen-bond donors (Lipinski definition) is 1. The highest BCUT2D eigenvalue weighted by atomic mass is 32.2. The van der Waals surface area contributed by atoms with Crippen molar-refractivity contribution in [3.05, 3.63) is 35.9 Å². The molecule has 0 unspecified atom stereocenters. The number of piperazine rings is 1. The molecule has 0 aliphatic carbocycles. The van der Waals surface area contributed by atoms with Gasteiger partial charge in [-0.15, -0.1) is 0 Å². The summed E-state index contributed by atoms with van der Waals surface area (Å²) in [5, 5.41) is 4.99. The first kappa shape index (κ1) is 16.2. The molecule has 21 heavy (non-hydrogen) atoms. The second-order valence-electron chi connectivity index (χ2n) is 4.83. The number of rotatable bonds is 3. The Bertz CT molecular complexity index is 569. The molecule has 0 amide bonds. The van der Waals surface area contributed by atoms with Gasteiger partial charge < -0.3 is 0 Å². The van der Waals surface area contributed by atoms with Crippen molar-refractivity contribution in [1.82, 2.24) is 9.21 Å². The Morgan fingerprint density at radius 1 is 1.05 bits per heavy atom. The van der Waals surface area contributed by atoms with E-state index in [1.807, 2.05) is 0 Å². The van der Waals surface area contributed by atoms with Crippen molar-refractivity contribution in [2.24, 2.45) is 5.14 Å². The molecule has 118 valence electrons. The minimum atomic E-state index is -4.43. The van der Waals surface area contributed by atoms with Gasteiger partial charge in [-0.25, -0.2) is 5.14 Å². The first-order valence-corrected chi connectivity index (χ1v) is 7.83. The molecule has 0 saturated carbocycles. The maximum absolute atomic E-state index is 13.3. The molecule has 0 radical (unpaired) electrons.